The van der Waals surface area contributed by atoms with Crippen LogP contribution < -0.4 is 4.72 Å². The highest BCUT2D eigenvalue weighted by Crippen LogP contribution is 2.30. The van der Waals surface area contributed by atoms with Gasteiger partial charge in [0.1, 0.15) is 0 Å². The molecule has 0 radical (unpaired) electrons. The zero-order chi connectivity index (χ0) is 18.7. The van der Waals surface area contributed by atoms with E-state index < -0.39 is 16.0 Å². The third kappa shape index (κ3) is 3.76. The van der Waals surface area contributed by atoms with E-state index in [9.17, 15) is 13.2 Å². The van der Waals surface area contributed by atoms with Crippen LogP contribution in [-0.4, -0.2) is 26.5 Å². The second-order valence-electron chi connectivity index (χ2n) is 5.42. The molecule has 0 atom stereocenters. The van der Waals surface area contributed by atoms with Crippen LogP contribution >= 0.6 is 11.3 Å². The summed E-state index contributed by atoms with van der Waals surface area (Å²) in [6, 6.07) is 12.6. The van der Waals surface area contributed by atoms with E-state index in [1.807, 2.05) is 24.4 Å². The fourth-order valence-corrected chi connectivity index (χ4v) is 4.07. The molecule has 26 heavy (non-hydrogen) atoms. The van der Waals surface area contributed by atoms with Gasteiger partial charge in [0.15, 0.2) is 0 Å². The van der Waals surface area contributed by atoms with E-state index in [0.29, 0.717) is 16.9 Å². The van der Waals surface area contributed by atoms with Crippen LogP contribution in [0.1, 0.15) is 15.4 Å². The molecule has 2 aromatic carbocycles. The number of hydrogen-bond acceptors (Lipinski definition) is 6. The fraction of sp³-hybridized carbons (Fsp3) is 0.111. The molecule has 0 unspecified atom stereocenters. The molecule has 0 aliphatic carbocycles. The third-order valence-electron chi connectivity index (χ3n) is 3.65. The number of benzene rings is 2. The molecular formula is C18H16N2O4S2. The lowest BCUT2D eigenvalue weighted by Gasteiger charge is -2.12. The van der Waals surface area contributed by atoms with Gasteiger partial charge in [0.2, 0.25) is 0 Å². The summed E-state index contributed by atoms with van der Waals surface area (Å²) < 4.78 is 32.6. The number of methoxy groups -OCH3 is 1. The SMILES string of the molecule is COC(=O)c1ccc(S(=O)(=O)Nc2ccccc2-c2csc(C)n2)cc1. The molecule has 1 N–H and O–H groups in total. The Balaban J connectivity index is 1.92. The van der Waals surface area contributed by atoms with E-state index in [1.54, 1.807) is 12.1 Å². The van der Waals surface area contributed by atoms with E-state index in [1.165, 1.54) is 42.7 Å². The first kappa shape index (κ1) is 18.1. The number of aromatic nitrogens is 1. The normalized spacial score (nSPS) is 11.2. The van der Waals surface area contributed by atoms with Crippen LogP contribution in [0.25, 0.3) is 11.3 Å². The molecule has 0 fully saturated rings. The first-order valence-corrected chi connectivity index (χ1v) is 10.00. The van der Waals surface area contributed by atoms with Crippen molar-refractivity contribution >= 4 is 33.0 Å². The molecule has 1 heterocycles. The van der Waals surface area contributed by atoms with E-state index in [0.717, 1.165) is 5.01 Å². The molecule has 0 spiro atoms. The number of esters is 1. The van der Waals surface area contributed by atoms with Crippen LogP contribution in [0, 0.1) is 6.92 Å². The van der Waals surface area contributed by atoms with Gasteiger partial charge < -0.3 is 4.74 Å². The van der Waals surface area contributed by atoms with Gasteiger partial charge in [-0.15, -0.1) is 11.3 Å². The summed E-state index contributed by atoms with van der Waals surface area (Å²) in [4.78, 5) is 15.9. The summed E-state index contributed by atoms with van der Waals surface area (Å²) in [5.74, 6) is -0.522. The van der Waals surface area contributed by atoms with Crippen molar-refractivity contribution in [1.82, 2.24) is 4.98 Å². The van der Waals surface area contributed by atoms with E-state index >= 15 is 0 Å². The molecular weight excluding hydrogens is 372 g/mol. The summed E-state index contributed by atoms with van der Waals surface area (Å²) >= 11 is 1.50. The fourth-order valence-electron chi connectivity index (χ4n) is 2.37. The van der Waals surface area contributed by atoms with E-state index in [-0.39, 0.29) is 10.5 Å². The first-order chi connectivity index (χ1) is 12.4. The summed E-state index contributed by atoms with van der Waals surface area (Å²) in [7, 11) is -2.54. The average Bonchev–Trinajstić information content (AvgIpc) is 3.07. The van der Waals surface area contributed by atoms with Gasteiger partial charge in [-0.3, -0.25) is 4.72 Å². The number of anilines is 1. The lowest BCUT2D eigenvalue weighted by atomic mass is 10.1. The lowest BCUT2D eigenvalue weighted by Crippen LogP contribution is -2.14. The van der Waals surface area contributed by atoms with Gasteiger partial charge in [0.05, 0.1) is 34.0 Å². The summed E-state index contributed by atoms with van der Waals surface area (Å²) in [5.41, 5.74) is 2.14. The van der Waals surface area contributed by atoms with Crippen molar-refractivity contribution in [3.8, 4) is 11.3 Å². The highest BCUT2D eigenvalue weighted by molar-refractivity contribution is 7.92. The molecule has 0 saturated carbocycles. The Morgan fingerprint density at radius 1 is 1.12 bits per heavy atom. The van der Waals surface area contributed by atoms with Crippen molar-refractivity contribution in [1.29, 1.82) is 0 Å². The Bertz CT molecular complexity index is 1040. The van der Waals surface area contributed by atoms with Crippen LogP contribution in [0.5, 0.6) is 0 Å². The highest BCUT2D eigenvalue weighted by atomic mass is 32.2. The molecule has 0 saturated heterocycles. The number of ether oxygens (including phenoxy) is 1. The lowest BCUT2D eigenvalue weighted by molar-refractivity contribution is 0.0600. The van der Waals surface area contributed by atoms with Crippen molar-refractivity contribution in [2.75, 3.05) is 11.8 Å². The molecule has 0 aliphatic heterocycles. The number of carbonyl (C=O) groups excluding carboxylic acids is 1. The number of rotatable bonds is 5. The molecule has 6 nitrogen and oxygen atoms in total. The molecule has 8 heteroatoms. The van der Waals surface area contributed by atoms with Crippen LogP contribution in [0.3, 0.4) is 0 Å². The standard InChI is InChI=1S/C18H16N2O4S2/c1-12-19-17(11-25-12)15-5-3-4-6-16(15)20-26(22,23)14-9-7-13(8-10-14)18(21)24-2/h3-11,20H,1-2H3. The highest BCUT2D eigenvalue weighted by Gasteiger charge is 2.18. The van der Waals surface area contributed by atoms with Gasteiger partial charge in [-0.25, -0.2) is 18.2 Å². The Morgan fingerprint density at radius 3 is 2.42 bits per heavy atom. The van der Waals surface area contributed by atoms with Crippen LogP contribution in [0.2, 0.25) is 0 Å². The van der Waals surface area contributed by atoms with Crippen molar-refractivity contribution in [3.05, 3.63) is 64.5 Å². The third-order valence-corrected chi connectivity index (χ3v) is 5.81. The van der Waals surface area contributed by atoms with Crippen molar-refractivity contribution in [2.24, 2.45) is 0 Å². The molecule has 3 rings (SSSR count). The Labute approximate surface area is 155 Å². The second kappa shape index (κ2) is 7.27. The predicted octanol–water partition coefficient (Wildman–Crippen LogP) is 3.71. The average molecular weight is 388 g/mol. The van der Waals surface area contributed by atoms with Crippen molar-refractivity contribution in [2.45, 2.75) is 11.8 Å². The monoisotopic (exact) mass is 388 g/mol. The molecule has 3 aromatic rings. The number of carbonyl (C=O) groups is 1. The maximum atomic E-state index is 12.7. The number of sulfonamides is 1. The summed E-state index contributed by atoms with van der Waals surface area (Å²) in [6.07, 6.45) is 0. The number of hydrogen-bond donors (Lipinski definition) is 1. The minimum atomic E-state index is -3.81. The quantitative estimate of drug-likeness (QED) is 0.674. The minimum absolute atomic E-state index is 0.0504. The van der Waals surface area contributed by atoms with Gasteiger partial charge in [0, 0.05) is 10.9 Å². The summed E-state index contributed by atoms with van der Waals surface area (Å²) in [6.45, 7) is 1.89. The molecule has 1 aromatic heterocycles. The Morgan fingerprint density at radius 2 is 1.81 bits per heavy atom. The number of thiazole rings is 1. The van der Waals surface area contributed by atoms with Crippen molar-refractivity contribution in [3.63, 3.8) is 0 Å². The topological polar surface area (TPSA) is 85.4 Å². The molecule has 0 amide bonds. The first-order valence-electron chi connectivity index (χ1n) is 7.63. The van der Waals surface area contributed by atoms with E-state index in [4.69, 9.17) is 0 Å². The number of aryl methyl sites for hydroxylation is 1. The smallest absolute Gasteiger partial charge is 0.337 e. The van der Waals surface area contributed by atoms with Crippen LogP contribution in [0.15, 0.2) is 58.8 Å². The van der Waals surface area contributed by atoms with Gasteiger partial charge in [-0.2, -0.15) is 0 Å². The van der Waals surface area contributed by atoms with Crippen LogP contribution in [0.4, 0.5) is 5.69 Å². The zero-order valence-electron chi connectivity index (χ0n) is 14.1. The number of nitrogens with one attached hydrogen (secondary N) is 1. The minimum Gasteiger partial charge on any atom is -0.465 e. The Kier molecular flexibility index (Phi) is 5.06. The number of nitrogens with zero attached hydrogens (tertiary/aromatic N) is 1. The van der Waals surface area contributed by atoms with Crippen LogP contribution in [-0.2, 0) is 14.8 Å². The maximum Gasteiger partial charge on any atom is 0.337 e. The van der Waals surface area contributed by atoms with Gasteiger partial charge in [-0.1, -0.05) is 18.2 Å². The summed E-state index contributed by atoms with van der Waals surface area (Å²) in [5, 5.41) is 2.78. The Hall–Kier alpha value is -2.71. The predicted molar refractivity (Wildman–Crippen MR) is 101 cm³/mol. The van der Waals surface area contributed by atoms with Crippen molar-refractivity contribution < 1.29 is 17.9 Å². The molecule has 134 valence electrons. The van der Waals surface area contributed by atoms with E-state index in [2.05, 4.69) is 14.4 Å². The largest absolute Gasteiger partial charge is 0.465 e. The van der Waals surface area contributed by atoms with Gasteiger partial charge in [0.25, 0.3) is 10.0 Å². The molecule has 0 bridgehead atoms. The zero-order valence-corrected chi connectivity index (χ0v) is 15.7. The molecule has 0 aliphatic rings. The van der Waals surface area contributed by atoms with Gasteiger partial charge >= 0.3 is 5.97 Å². The number of para-hydroxylation sites is 1. The second-order valence-corrected chi connectivity index (χ2v) is 8.16. The maximum absolute atomic E-state index is 12.7. The van der Waals surface area contributed by atoms with Gasteiger partial charge in [-0.05, 0) is 37.3 Å².